The zero-order valence-corrected chi connectivity index (χ0v) is 10.3. The van der Waals surface area contributed by atoms with Gasteiger partial charge >= 0.3 is 0 Å². The van der Waals surface area contributed by atoms with Gasteiger partial charge in [0.25, 0.3) is 0 Å². The molecule has 0 fully saturated rings. The minimum atomic E-state index is -0.539. The predicted molar refractivity (Wildman–Crippen MR) is 61.4 cm³/mol. The molecule has 90 valence electrons. The van der Waals surface area contributed by atoms with Crippen molar-refractivity contribution >= 4 is 5.91 Å². The number of hydrogen-bond donors (Lipinski definition) is 3. The Morgan fingerprint density at radius 3 is 2.13 bits per heavy atom. The fraction of sp³-hybridized carbons (Fsp3) is 0.909. The third-order valence-corrected chi connectivity index (χ3v) is 3.32. The van der Waals surface area contributed by atoms with Crippen LogP contribution in [0.15, 0.2) is 0 Å². The summed E-state index contributed by atoms with van der Waals surface area (Å²) in [5.41, 5.74) is 4.52. The van der Waals surface area contributed by atoms with Crippen LogP contribution in [0.1, 0.15) is 40.5 Å². The van der Waals surface area contributed by atoms with Gasteiger partial charge in [-0.1, -0.05) is 13.8 Å². The SMILES string of the molecule is CCC(C)(CO)NC(=O)C(C)(CC)CN. The van der Waals surface area contributed by atoms with Gasteiger partial charge < -0.3 is 16.2 Å². The van der Waals surface area contributed by atoms with Crippen molar-refractivity contribution in [2.75, 3.05) is 13.2 Å². The first-order chi connectivity index (χ1) is 6.87. The first-order valence-corrected chi connectivity index (χ1v) is 5.51. The highest BCUT2D eigenvalue weighted by Gasteiger charge is 2.34. The molecule has 2 unspecified atom stereocenters. The van der Waals surface area contributed by atoms with E-state index in [4.69, 9.17) is 5.73 Å². The Morgan fingerprint density at radius 1 is 1.33 bits per heavy atom. The third-order valence-electron chi connectivity index (χ3n) is 3.32. The molecule has 2 atom stereocenters. The Morgan fingerprint density at radius 2 is 1.87 bits per heavy atom. The third kappa shape index (κ3) is 3.47. The highest BCUT2D eigenvalue weighted by Crippen LogP contribution is 2.21. The topological polar surface area (TPSA) is 75.3 Å². The molecular formula is C11H24N2O2. The molecule has 0 radical (unpaired) electrons. The summed E-state index contributed by atoms with van der Waals surface area (Å²) in [6, 6.07) is 0. The molecule has 0 aromatic carbocycles. The molecule has 0 aliphatic heterocycles. The lowest BCUT2D eigenvalue weighted by Crippen LogP contribution is -2.54. The Balaban J connectivity index is 4.60. The van der Waals surface area contributed by atoms with Gasteiger partial charge in [-0.3, -0.25) is 4.79 Å². The van der Waals surface area contributed by atoms with Crippen LogP contribution < -0.4 is 11.1 Å². The first-order valence-electron chi connectivity index (χ1n) is 5.51. The summed E-state index contributed by atoms with van der Waals surface area (Å²) in [7, 11) is 0. The molecule has 0 rings (SSSR count). The van der Waals surface area contributed by atoms with Crippen molar-refractivity contribution < 1.29 is 9.90 Å². The molecule has 0 saturated carbocycles. The van der Waals surface area contributed by atoms with E-state index in [1.165, 1.54) is 0 Å². The Labute approximate surface area is 92.2 Å². The van der Waals surface area contributed by atoms with Crippen molar-refractivity contribution in [2.45, 2.75) is 46.1 Å². The molecule has 0 aromatic heterocycles. The average molecular weight is 216 g/mol. The lowest BCUT2D eigenvalue weighted by atomic mass is 9.85. The van der Waals surface area contributed by atoms with Gasteiger partial charge in [0.2, 0.25) is 5.91 Å². The smallest absolute Gasteiger partial charge is 0.227 e. The van der Waals surface area contributed by atoms with Gasteiger partial charge in [-0.2, -0.15) is 0 Å². The molecule has 0 aromatic rings. The van der Waals surface area contributed by atoms with E-state index in [1.807, 2.05) is 27.7 Å². The van der Waals surface area contributed by atoms with Crippen LogP contribution >= 0.6 is 0 Å². The van der Waals surface area contributed by atoms with Gasteiger partial charge in [-0.25, -0.2) is 0 Å². The number of amides is 1. The molecule has 0 saturated heterocycles. The molecule has 0 bridgehead atoms. The molecule has 0 aliphatic rings. The minimum Gasteiger partial charge on any atom is -0.394 e. The van der Waals surface area contributed by atoms with Crippen molar-refractivity contribution in [1.29, 1.82) is 0 Å². The Kier molecular flexibility index (Phi) is 5.24. The van der Waals surface area contributed by atoms with Crippen molar-refractivity contribution in [3.63, 3.8) is 0 Å². The van der Waals surface area contributed by atoms with Gasteiger partial charge in [0, 0.05) is 6.54 Å². The van der Waals surface area contributed by atoms with Crippen LogP contribution in [0.5, 0.6) is 0 Å². The van der Waals surface area contributed by atoms with Gasteiger partial charge in [0.05, 0.1) is 17.6 Å². The fourth-order valence-corrected chi connectivity index (χ4v) is 1.06. The van der Waals surface area contributed by atoms with Crippen molar-refractivity contribution in [1.82, 2.24) is 5.32 Å². The van der Waals surface area contributed by atoms with Gasteiger partial charge in [0.15, 0.2) is 0 Å². The normalized spacial score (nSPS) is 19.1. The van der Waals surface area contributed by atoms with E-state index in [9.17, 15) is 9.90 Å². The maximum Gasteiger partial charge on any atom is 0.227 e. The molecular weight excluding hydrogens is 192 g/mol. The summed E-state index contributed by atoms with van der Waals surface area (Å²) in [4.78, 5) is 12.0. The van der Waals surface area contributed by atoms with Crippen LogP contribution in [0.4, 0.5) is 0 Å². The second-order valence-corrected chi connectivity index (χ2v) is 4.64. The lowest BCUT2D eigenvalue weighted by molar-refractivity contribution is -0.132. The van der Waals surface area contributed by atoms with Crippen LogP contribution in [-0.4, -0.2) is 29.7 Å². The zero-order valence-electron chi connectivity index (χ0n) is 10.3. The molecule has 4 N–H and O–H groups in total. The van der Waals surface area contributed by atoms with E-state index < -0.39 is 11.0 Å². The quantitative estimate of drug-likeness (QED) is 0.610. The summed E-state index contributed by atoms with van der Waals surface area (Å²) in [6.45, 7) is 7.81. The van der Waals surface area contributed by atoms with Crippen LogP contribution in [0.3, 0.4) is 0 Å². The standard InChI is InChI=1S/C11H24N2O2/c1-5-10(3,7-12)9(15)13-11(4,6-2)8-14/h14H,5-8,12H2,1-4H3,(H,13,15). The zero-order chi connectivity index (χ0) is 12.1. The molecule has 4 nitrogen and oxygen atoms in total. The summed E-state index contributed by atoms with van der Waals surface area (Å²) < 4.78 is 0. The summed E-state index contributed by atoms with van der Waals surface area (Å²) in [5, 5.41) is 12.1. The van der Waals surface area contributed by atoms with E-state index in [2.05, 4.69) is 5.32 Å². The highest BCUT2D eigenvalue weighted by molar-refractivity contribution is 5.83. The van der Waals surface area contributed by atoms with Crippen molar-refractivity contribution in [3.8, 4) is 0 Å². The molecule has 4 heteroatoms. The summed E-state index contributed by atoms with van der Waals surface area (Å²) >= 11 is 0. The molecule has 1 amide bonds. The van der Waals surface area contributed by atoms with E-state index in [-0.39, 0.29) is 12.5 Å². The largest absolute Gasteiger partial charge is 0.394 e. The van der Waals surface area contributed by atoms with Crippen LogP contribution in [0.25, 0.3) is 0 Å². The van der Waals surface area contributed by atoms with Crippen LogP contribution in [0, 0.1) is 5.41 Å². The molecule has 15 heavy (non-hydrogen) atoms. The number of nitrogens with two attached hydrogens (primary N) is 1. The van der Waals surface area contributed by atoms with Gasteiger partial charge in [0.1, 0.15) is 0 Å². The monoisotopic (exact) mass is 216 g/mol. The number of aliphatic hydroxyl groups excluding tert-OH is 1. The number of hydrogen-bond acceptors (Lipinski definition) is 3. The minimum absolute atomic E-state index is 0.0559. The number of carbonyl (C=O) groups is 1. The van der Waals surface area contributed by atoms with Crippen LogP contribution in [0.2, 0.25) is 0 Å². The van der Waals surface area contributed by atoms with Crippen LogP contribution in [-0.2, 0) is 4.79 Å². The van der Waals surface area contributed by atoms with E-state index in [1.54, 1.807) is 0 Å². The second kappa shape index (κ2) is 5.47. The highest BCUT2D eigenvalue weighted by atomic mass is 16.3. The maximum absolute atomic E-state index is 12.0. The van der Waals surface area contributed by atoms with E-state index in [0.717, 1.165) is 0 Å². The number of aliphatic hydroxyl groups is 1. The molecule has 0 aliphatic carbocycles. The second-order valence-electron chi connectivity index (χ2n) is 4.64. The fourth-order valence-electron chi connectivity index (χ4n) is 1.06. The summed E-state index contributed by atoms with van der Waals surface area (Å²) in [6.07, 6.45) is 1.39. The predicted octanol–water partition coefficient (Wildman–Crippen LogP) is 0.639. The number of rotatable bonds is 6. The van der Waals surface area contributed by atoms with Crippen molar-refractivity contribution in [3.05, 3.63) is 0 Å². The average Bonchev–Trinajstić information content (AvgIpc) is 2.27. The number of nitrogens with one attached hydrogen (secondary N) is 1. The molecule has 0 heterocycles. The Hall–Kier alpha value is -0.610. The van der Waals surface area contributed by atoms with Crippen molar-refractivity contribution in [2.24, 2.45) is 11.1 Å². The van der Waals surface area contributed by atoms with Gasteiger partial charge in [-0.05, 0) is 26.7 Å². The summed E-state index contributed by atoms with van der Waals surface area (Å²) in [5.74, 6) is -0.0779. The maximum atomic E-state index is 12.0. The van der Waals surface area contributed by atoms with E-state index in [0.29, 0.717) is 19.4 Å². The lowest BCUT2D eigenvalue weighted by Gasteiger charge is -2.33. The Bertz CT molecular complexity index is 209. The first kappa shape index (κ1) is 14.4. The number of carbonyl (C=O) groups excluding carboxylic acids is 1. The van der Waals surface area contributed by atoms with E-state index >= 15 is 0 Å². The van der Waals surface area contributed by atoms with Gasteiger partial charge in [-0.15, -0.1) is 0 Å². The molecule has 0 spiro atoms.